The molecule has 8 heteroatoms. The molecule has 0 aliphatic carbocycles. The van der Waals surface area contributed by atoms with Crippen molar-refractivity contribution in [2.45, 2.75) is 44.1 Å². The molecular weight excluding hydrogens is 404 g/mol. The minimum Gasteiger partial charge on any atom is -0.355 e. The van der Waals surface area contributed by atoms with Crippen LogP contribution >= 0.6 is 23.4 Å². The zero-order chi connectivity index (χ0) is 20.1. The molecule has 0 saturated carbocycles. The first-order valence-electron chi connectivity index (χ1n) is 9.21. The number of amides is 1. The number of hydrogen-bond donors (Lipinski definition) is 1. The number of carbonyl (C=O) groups is 1. The third-order valence-electron chi connectivity index (χ3n) is 4.45. The molecule has 0 unspecified atom stereocenters. The fourth-order valence-corrected chi connectivity index (χ4v) is 5.67. The first-order chi connectivity index (χ1) is 12.6. The highest BCUT2D eigenvalue weighted by Gasteiger charge is 2.31. The minimum atomic E-state index is -3.43. The Balaban J connectivity index is 1.80. The monoisotopic (exact) mass is 432 g/mol. The molecule has 1 heterocycles. The van der Waals surface area contributed by atoms with Crippen LogP contribution in [0.15, 0.2) is 24.3 Å². The molecule has 1 amide bonds. The molecule has 1 fully saturated rings. The Kier molecular flexibility index (Phi) is 8.04. The van der Waals surface area contributed by atoms with Crippen LogP contribution < -0.4 is 5.32 Å². The molecule has 1 aliphatic heterocycles. The minimum absolute atomic E-state index is 0.0349. The van der Waals surface area contributed by atoms with Crippen LogP contribution in [0.3, 0.4) is 0 Å². The second kappa shape index (κ2) is 9.63. The molecule has 27 heavy (non-hydrogen) atoms. The zero-order valence-electron chi connectivity index (χ0n) is 16.2. The van der Waals surface area contributed by atoms with Gasteiger partial charge in [0.1, 0.15) is 0 Å². The first-order valence-corrected chi connectivity index (χ1v) is 12.2. The molecule has 0 aromatic heterocycles. The molecule has 1 saturated heterocycles. The van der Waals surface area contributed by atoms with Gasteiger partial charge in [0.25, 0.3) is 0 Å². The second-order valence-electron chi connectivity index (χ2n) is 7.77. The van der Waals surface area contributed by atoms with Crippen molar-refractivity contribution < 1.29 is 13.2 Å². The van der Waals surface area contributed by atoms with E-state index in [-0.39, 0.29) is 22.3 Å². The lowest BCUT2D eigenvalue weighted by atomic mass is 9.97. The highest BCUT2D eigenvalue weighted by atomic mass is 35.5. The smallest absolute Gasteiger partial charge is 0.223 e. The van der Waals surface area contributed by atoms with Crippen LogP contribution in [0.25, 0.3) is 0 Å². The maximum Gasteiger partial charge on any atom is 0.223 e. The number of hydrogen-bond acceptors (Lipinski definition) is 4. The van der Waals surface area contributed by atoms with Gasteiger partial charge in [-0.15, -0.1) is 0 Å². The molecule has 0 atom stereocenters. The van der Waals surface area contributed by atoms with Crippen LogP contribution in [-0.4, -0.2) is 48.8 Å². The lowest BCUT2D eigenvalue weighted by molar-refractivity contribution is -0.125. The number of carbonyl (C=O) groups excluding carboxylic acids is 1. The van der Waals surface area contributed by atoms with Crippen molar-refractivity contribution in [3.8, 4) is 0 Å². The van der Waals surface area contributed by atoms with Gasteiger partial charge in [0.05, 0.1) is 5.75 Å². The predicted molar refractivity (Wildman–Crippen MR) is 114 cm³/mol. The summed E-state index contributed by atoms with van der Waals surface area (Å²) in [5, 5.41) is 3.44. The SMILES string of the molecule is CC(C)(C)SCCNC(=O)C1CCN(S(=O)(=O)Cc2ccccc2Cl)CC1. The van der Waals surface area contributed by atoms with Gasteiger partial charge in [0, 0.05) is 41.1 Å². The lowest BCUT2D eigenvalue weighted by Gasteiger charge is -2.30. The van der Waals surface area contributed by atoms with Crippen LogP contribution in [0.5, 0.6) is 0 Å². The largest absolute Gasteiger partial charge is 0.355 e. The molecule has 1 N–H and O–H groups in total. The lowest BCUT2D eigenvalue weighted by Crippen LogP contribution is -2.43. The Labute approximate surface area is 172 Å². The number of nitrogens with zero attached hydrogens (tertiary/aromatic N) is 1. The summed E-state index contributed by atoms with van der Waals surface area (Å²) < 4.78 is 27.0. The fraction of sp³-hybridized carbons (Fsp3) is 0.632. The third kappa shape index (κ3) is 7.29. The Morgan fingerprint density at radius 3 is 2.48 bits per heavy atom. The van der Waals surface area contributed by atoms with Crippen molar-refractivity contribution in [1.82, 2.24) is 9.62 Å². The fourth-order valence-electron chi connectivity index (χ4n) is 2.98. The van der Waals surface area contributed by atoms with E-state index < -0.39 is 10.0 Å². The van der Waals surface area contributed by atoms with Crippen molar-refractivity contribution in [3.05, 3.63) is 34.9 Å². The van der Waals surface area contributed by atoms with E-state index in [1.54, 1.807) is 24.3 Å². The summed E-state index contributed by atoms with van der Waals surface area (Å²) in [6.07, 6.45) is 1.11. The molecule has 0 spiro atoms. The Bertz CT molecular complexity index is 740. The molecule has 5 nitrogen and oxygen atoms in total. The van der Waals surface area contributed by atoms with Crippen LogP contribution in [0, 0.1) is 5.92 Å². The maximum atomic E-state index is 12.7. The van der Waals surface area contributed by atoms with Gasteiger partial charge in [-0.05, 0) is 24.5 Å². The molecule has 2 rings (SSSR count). The number of rotatable bonds is 7. The number of thioether (sulfide) groups is 1. The van der Waals surface area contributed by atoms with Gasteiger partial charge in [0.2, 0.25) is 15.9 Å². The van der Waals surface area contributed by atoms with Crippen molar-refractivity contribution in [3.63, 3.8) is 0 Å². The van der Waals surface area contributed by atoms with E-state index in [4.69, 9.17) is 11.6 Å². The highest BCUT2D eigenvalue weighted by molar-refractivity contribution is 8.00. The van der Waals surface area contributed by atoms with Gasteiger partial charge < -0.3 is 5.32 Å². The normalized spacial score (nSPS) is 17.0. The van der Waals surface area contributed by atoms with Gasteiger partial charge in [0.15, 0.2) is 0 Å². The van der Waals surface area contributed by atoms with Crippen molar-refractivity contribution >= 4 is 39.3 Å². The summed E-state index contributed by atoms with van der Waals surface area (Å²) in [5.41, 5.74) is 0.607. The van der Waals surface area contributed by atoms with E-state index in [0.717, 1.165) is 5.75 Å². The van der Waals surface area contributed by atoms with Crippen molar-refractivity contribution in [1.29, 1.82) is 0 Å². The predicted octanol–water partition coefficient (Wildman–Crippen LogP) is 3.53. The number of benzene rings is 1. The first kappa shape index (κ1) is 22.5. The summed E-state index contributed by atoms with van der Waals surface area (Å²) in [7, 11) is -3.43. The highest BCUT2D eigenvalue weighted by Crippen LogP contribution is 2.25. The van der Waals surface area contributed by atoms with Crippen molar-refractivity contribution in [2.75, 3.05) is 25.4 Å². The van der Waals surface area contributed by atoms with E-state index in [0.29, 0.717) is 43.1 Å². The Hall–Kier alpha value is -0.760. The zero-order valence-corrected chi connectivity index (χ0v) is 18.6. The number of piperidine rings is 1. The van der Waals surface area contributed by atoms with Gasteiger partial charge in [-0.2, -0.15) is 11.8 Å². The quantitative estimate of drug-likeness (QED) is 0.669. The summed E-state index contributed by atoms with van der Waals surface area (Å²) >= 11 is 7.90. The Morgan fingerprint density at radius 1 is 1.26 bits per heavy atom. The van der Waals surface area contributed by atoms with Gasteiger partial charge in [-0.3, -0.25) is 4.79 Å². The van der Waals surface area contributed by atoms with E-state index in [1.807, 2.05) is 11.8 Å². The summed E-state index contributed by atoms with van der Waals surface area (Å²) in [4.78, 5) is 12.3. The maximum absolute atomic E-state index is 12.7. The van der Waals surface area contributed by atoms with Crippen molar-refractivity contribution in [2.24, 2.45) is 5.92 Å². The van der Waals surface area contributed by atoms with E-state index in [1.165, 1.54) is 4.31 Å². The third-order valence-corrected chi connectivity index (χ3v) is 7.92. The van der Waals surface area contributed by atoms with Crippen LogP contribution in [0.2, 0.25) is 5.02 Å². The number of sulfonamides is 1. The summed E-state index contributed by atoms with van der Waals surface area (Å²) in [5.74, 6) is 0.692. The van der Waals surface area contributed by atoms with Gasteiger partial charge in [-0.1, -0.05) is 50.6 Å². The summed E-state index contributed by atoms with van der Waals surface area (Å²) in [6.45, 7) is 7.85. The molecular formula is C19H29ClN2O3S2. The van der Waals surface area contributed by atoms with Crippen LogP contribution in [-0.2, 0) is 20.6 Å². The topological polar surface area (TPSA) is 66.5 Å². The van der Waals surface area contributed by atoms with Crippen LogP contribution in [0.1, 0.15) is 39.2 Å². The number of halogens is 1. The van der Waals surface area contributed by atoms with E-state index in [9.17, 15) is 13.2 Å². The standard InChI is InChI=1S/C19H29ClN2O3S2/c1-19(2,3)26-13-10-21-18(23)15-8-11-22(12-9-15)27(24,25)14-16-6-4-5-7-17(16)20/h4-7,15H,8-14H2,1-3H3,(H,21,23). The second-order valence-corrected chi connectivity index (χ2v) is 12.1. The average molecular weight is 433 g/mol. The average Bonchev–Trinajstić information content (AvgIpc) is 2.60. The summed E-state index contributed by atoms with van der Waals surface area (Å²) in [6, 6.07) is 6.99. The van der Waals surface area contributed by atoms with Gasteiger partial charge in [-0.25, -0.2) is 12.7 Å². The molecule has 152 valence electrons. The molecule has 1 aromatic rings. The van der Waals surface area contributed by atoms with E-state index in [2.05, 4.69) is 26.1 Å². The molecule has 1 aromatic carbocycles. The molecule has 0 radical (unpaired) electrons. The van der Waals surface area contributed by atoms with Gasteiger partial charge >= 0.3 is 0 Å². The molecule has 0 bridgehead atoms. The Morgan fingerprint density at radius 2 is 1.89 bits per heavy atom. The van der Waals surface area contributed by atoms with E-state index >= 15 is 0 Å². The number of nitrogens with one attached hydrogen (secondary N) is 1. The molecule has 1 aliphatic rings. The van der Waals surface area contributed by atoms with Crippen LogP contribution in [0.4, 0.5) is 0 Å².